The summed E-state index contributed by atoms with van der Waals surface area (Å²) in [6.07, 6.45) is 2.06. The molecule has 21 heavy (non-hydrogen) atoms. The first-order chi connectivity index (χ1) is 9.92. The minimum atomic E-state index is -3.42. The molecule has 0 radical (unpaired) electrons. The lowest BCUT2D eigenvalue weighted by atomic mass is 9.94. The highest BCUT2D eigenvalue weighted by Gasteiger charge is 2.22. The fourth-order valence-electron chi connectivity index (χ4n) is 2.67. The van der Waals surface area contributed by atoms with Gasteiger partial charge >= 0.3 is 5.97 Å². The van der Waals surface area contributed by atoms with Gasteiger partial charge in [0.1, 0.15) is 0 Å². The Morgan fingerprint density at radius 2 is 2.05 bits per heavy atom. The Bertz CT molecular complexity index is 598. The van der Waals surface area contributed by atoms with E-state index in [9.17, 15) is 13.2 Å². The minimum absolute atomic E-state index is 0.150. The third-order valence-electron chi connectivity index (χ3n) is 3.76. The molecule has 1 atom stereocenters. The predicted octanol–water partition coefficient (Wildman–Crippen LogP) is 1.29. The molecular weight excluding hydrogens is 292 g/mol. The van der Waals surface area contributed by atoms with E-state index >= 15 is 0 Å². The number of carboxylic acids is 1. The van der Waals surface area contributed by atoms with E-state index in [-0.39, 0.29) is 17.2 Å². The number of nitrogens with zero attached hydrogens (tertiary/aromatic N) is 1. The van der Waals surface area contributed by atoms with Crippen LogP contribution in [-0.2, 0) is 14.8 Å². The van der Waals surface area contributed by atoms with Gasteiger partial charge in [0.2, 0.25) is 10.0 Å². The molecule has 2 rings (SSSR count). The molecule has 1 aliphatic heterocycles. The first-order valence-electron chi connectivity index (χ1n) is 6.93. The maximum Gasteiger partial charge on any atom is 0.303 e. The Hall–Kier alpha value is -1.60. The number of anilines is 1. The molecule has 116 valence electrons. The average molecular weight is 312 g/mol. The van der Waals surface area contributed by atoms with Crippen molar-refractivity contribution in [2.45, 2.75) is 24.2 Å². The van der Waals surface area contributed by atoms with Crippen LogP contribution in [0.15, 0.2) is 29.2 Å². The van der Waals surface area contributed by atoms with Crippen LogP contribution in [0.3, 0.4) is 0 Å². The highest BCUT2D eigenvalue weighted by Crippen LogP contribution is 2.26. The van der Waals surface area contributed by atoms with Crippen LogP contribution in [0.1, 0.15) is 19.3 Å². The maximum atomic E-state index is 11.7. The van der Waals surface area contributed by atoms with Gasteiger partial charge in [0.05, 0.1) is 4.90 Å². The zero-order chi connectivity index (χ0) is 15.5. The molecule has 1 aliphatic rings. The van der Waals surface area contributed by atoms with Gasteiger partial charge in [-0.05, 0) is 50.1 Å². The van der Waals surface area contributed by atoms with E-state index in [2.05, 4.69) is 9.62 Å². The van der Waals surface area contributed by atoms with Crippen LogP contribution in [0.25, 0.3) is 0 Å². The first kappa shape index (κ1) is 15.8. The normalized spacial score (nSPS) is 19.5. The fraction of sp³-hybridized carbons (Fsp3) is 0.500. The van der Waals surface area contributed by atoms with Crippen LogP contribution < -0.4 is 9.62 Å². The summed E-state index contributed by atoms with van der Waals surface area (Å²) in [7, 11) is -2.04. The van der Waals surface area contributed by atoms with Gasteiger partial charge in [0, 0.05) is 25.2 Å². The standard InChI is InChI=1S/C14H20N2O4S/c1-15-21(19,20)13-6-4-12(5-7-13)16-8-2-3-11(10-16)9-14(17)18/h4-7,11,15H,2-3,8-10H2,1H3,(H,17,18). The van der Waals surface area contributed by atoms with Crippen LogP contribution in [0, 0.1) is 5.92 Å². The van der Waals surface area contributed by atoms with Crippen LogP contribution in [-0.4, -0.2) is 39.6 Å². The van der Waals surface area contributed by atoms with Gasteiger partial charge in [-0.1, -0.05) is 0 Å². The molecule has 0 bridgehead atoms. The second-order valence-corrected chi connectivity index (χ2v) is 7.14. The Kier molecular flexibility index (Phi) is 4.84. The van der Waals surface area contributed by atoms with Crippen molar-refractivity contribution in [1.29, 1.82) is 0 Å². The largest absolute Gasteiger partial charge is 0.481 e. The summed E-state index contributed by atoms with van der Waals surface area (Å²) < 4.78 is 25.6. The number of aliphatic carboxylic acids is 1. The quantitative estimate of drug-likeness (QED) is 0.855. The molecule has 1 fully saturated rings. The van der Waals surface area contributed by atoms with Crippen molar-refractivity contribution in [3.05, 3.63) is 24.3 Å². The molecule has 1 heterocycles. The lowest BCUT2D eigenvalue weighted by Crippen LogP contribution is -2.36. The van der Waals surface area contributed by atoms with Gasteiger partial charge in [0.25, 0.3) is 0 Å². The molecule has 1 unspecified atom stereocenters. The van der Waals surface area contributed by atoms with Gasteiger partial charge in [-0.15, -0.1) is 0 Å². The van der Waals surface area contributed by atoms with E-state index in [0.717, 1.165) is 25.1 Å². The van der Waals surface area contributed by atoms with Crippen molar-refractivity contribution in [1.82, 2.24) is 4.72 Å². The third-order valence-corrected chi connectivity index (χ3v) is 5.19. The summed E-state index contributed by atoms with van der Waals surface area (Å²) in [5.74, 6) is -0.616. The number of hydrogen-bond acceptors (Lipinski definition) is 4. The van der Waals surface area contributed by atoms with Gasteiger partial charge in [0.15, 0.2) is 0 Å². The smallest absolute Gasteiger partial charge is 0.303 e. The molecule has 1 aromatic carbocycles. The van der Waals surface area contributed by atoms with Crippen molar-refractivity contribution in [2.24, 2.45) is 5.92 Å². The number of nitrogens with one attached hydrogen (secondary N) is 1. The summed E-state index contributed by atoms with van der Waals surface area (Å²) in [5.41, 5.74) is 0.931. The van der Waals surface area contributed by atoms with Crippen molar-refractivity contribution < 1.29 is 18.3 Å². The Morgan fingerprint density at radius 3 is 2.62 bits per heavy atom. The summed E-state index contributed by atoms with van der Waals surface area (Å²) in [5, 5.41) is 8.88. The topological polar surface area (TPSA) is 86.7 Å². The summed E-state index contributed by atoms with van der Waals surface area (Å²) in [6.45, 7) is 1.57. The van der Waals surface area contributed by atoms with Gasteiger partial charge in [-0.25, -0.2) is 13.1 Å². The highest BCUT2D eigenvalue weighted by atomic mass is 32.2. The third kappa shape index (κ3) is 3.95. The number of piperidine rings is 1. The van der Waals surface area contributed by atoms with Crippen LogP contribution >= 0.6 is 0 Å². The minimum Gasteiger partial charge on any atom is -0.481 e. The maximum absolute atomic E-state index is 11.7. The Balaban J connectivity index is 2.10. The van der Waals surface area contributed by atoms with Crippen LogP contribution in [0.4, 0.5) is 5.69 Å². The number of carbonyl (C=O) groups is 1. The number of rotatable bonds is 5. The van der Waals surface area contributed by atoms with Crippen LogP contribution in [0.5, 0.6) is 0 Å². The molecule has 1 aromatic rings. The van der Waals surface area contributed by atoms with E-state index in [4.69, 9.17) is 5.11 Å². The zero-order valence-electron chi connectivity index (χ0n) is 11.9. The molecule has 0 saturated carbocycles. The molecule has 6 nitrogen and oxygen atoms in total. The second kappa shape index (κ2) is 6.44. The molecular formula is C14H20N2O4S. The van der Waals surface area contributed by atoms with Gasteiger partial charge < -0.3 is 10.0 Å². The zero-order valence-corrected chi connectivity index (χ0v) is 12.8. The van der Waals surface area contributed by atoms with E-state index in [1.165, 1.54) is 7.05 Å². The average Bonchev–Trinajstić information content (AvgIpc) is 2.47. The lowest BCUT2D eigenvalue weighted by Gasteiger charge is -2.34. The Morgan fingerprint density at radius 1 is 1.38 bits per heavy atom. The van der Waals surface area contributed by atoms with Crippen molar-refractivity contribution in [2.75, 3.05) is 25.0 Å². The molecule has 0 spiro atoms. The summed E-state index contributed by atoms with van der Waals surface area (Å²) in [4.78, 5) is 13.2. The van der Waals surface area contributed by atoms with Crippen molar-refractivity contribution in [3.63, 3.8) is 0 Å². The first-order valence-corrected chi connectivity index (χ1v) is 8.41. The molecule has 0 aliphatic carbocycles. The highest BCUT2D eigenvalue weighted by molar-refractivity contribution is 7.89. The van der Waals surface area contributed by atoms with Gasteiger partial charge in [-0.2, -0.15) is 0 Å². The molecule has 0 aromatic heterocycles. The lowest BCUT2D eigenvalue weighted by molar-refractivity contribution is -0.138. The SMILES string of the molecule is CNS(=O)(=O)c1ccc(N2CCCC(CC(=O)O)C2)cc1. The molecule has 1 saturated heterocycles. The molecule has 2 N–H and O–H groups in total. The number of benzene rings is 1. The summed E-state index contributed by atoms with van der Waals surface area (Å²) in [6, 6.07) is 6.69. The van der Waals surface area contributed by atoms with Crippen molar-refractivity contribution >= 4 is 21.7 Å². The summed E-state index contributed by atoms with van der Waals surface area (Å²) >= 11 is 0. The Labute approximate surface area is 124 Å². The van der Waals surface area contributed by atoms with E-state index < -0.39 is 16.0 Å². The number of carboxylic acid groups (broad SMARTS) is 1. The van der Waals surface area contributed by atoms with Crippen molar-refractivity contribution in [3.8, 4) is 0 Å². The number of hydrogen-bond donors (Lipinski definition) is 2. The second-order valence-electron chi connectivity index (χ2n) is 5.25. The molecule has 7 heteroatoms. The van der Waals surface area contributed by atoms with Crippen LogP contribution in [0.2, 0.25) is 0 Å². The van der Waals surface area contributed by atoms with E-state index in [1.54, 1.807) is 24.3 Å². The van der Waals surface area contributed by atoms with E-state index in [1.807, 2.05) is 0 Å². The number of sulfonamides is 1. The van der Waals surface area contributed by atoms with Gasteiger partial charge in [-0.3, -0.25) is 4.79 Å². The van der Waals surface area contributed by atoms with E-state index in [0.29, 0.717) is 6.54 Å². The monoisotopic (exact) mass is 312 g/mol. The molecule has 0 amide bonds. The fourth-order valence-corrected chi connectivity index (χ4v) is 3.40. The predicted molar refractivity (Wildman–Crippen MR) is 79.9 cm³/mol.